The van der Waals surface area contributed by atoms with Crippen molar-refractivity contribution in [3.63, 3.8) is 0 Å². The molecule has 0 unspecified atom stereocenters. The van der Waals surface area contributed by atoms with E-state index >= 15 is 0 Å². The maximum atomic E-state index is 10.8. The quantitative estimate of drug-likeness (QED) is 0.743. The van der Waals surface area contributed by atoms with Crippen LogP contribution in [0.4, 0.5) is 0 Å². The molecule has 16 heavy (non-hydrogen) atoms. The first-order valence-corrected chi connectivity index (χ1v) is 5.08. The fourth-order valence-corrected chi connectivity index (χ4v) is 1.61. The lowest BCUT2D eigenvalue weighted by molar-refractivity contribution is 0.112. The summed E-state index contributed by atoms with van der Waals surface area (Å²) in [4.78, 5) is 10.8. The summed E-state index contributed by atoms with van der Waals surface area (Å²) in [5.74, 6) is 1.02. The zero-order valence-electron chi connectivity index (χ0n) is 9.53. The van der Waals surface area contributed by atoms with Crippen LogP contribution in [0.15, 0.2) is 12.1 Å². The molecular formula is C12H16O4. The van der Waals surface area contributed by atoms with Gasteiger partial charge >= 0.3 is 0 Å². The first-order chi connectivity index (χ1) is 7.78. The van der Waals surface area contributed by atoms with Gasteiger partial charge in [0.2, 0.25) is 0 Å². The van der Waals surface area contributed by atoms with E-state index in [-0.39, 0.29) is 6.61 Å². The molecule has 4 nitrogen and oxygen atoms in total. The Morgan fingerprint density at radius 1 is 1.25 bits per heavy atom. The Hall–Kier alpha value is -1.55. The average molecular weight is 224 g/mol. The summed E-state index contributed by atoms with van der Waals surface area (Å²) in [7, 11) is 3.04. The van der Waals surface area contributed by atoms with Crippen molar-refractivity contribution in [3.05, 3.63) is 23.3 Å². The molecule has 0 radical (unpaired) electrons. The molecule has 1 aromatic rings. The zero-order chi connectivity index (χ0) is 12.0. The molecule has 0 aliphatic heterocycles. The van der Waals surface area contributed by atoms with Crippen LogP contribution in [0.5, 0.6) is 11.5 Å². The maximum Gasteiger partial charge on any atom is 0.171 e. The Morgan fingerprint density at radius 3 is 2.44 bits per heavy atom. The topological polar surface area (TPSA) is 55.8 Å². The molecule has 0 atom stereocenters. The Bertz CT molecular complexity index is 360. The highest BCUT2D eigenvalue weighted by molar-refractivity contribution is 5.81. The number of hydrogen-bond acceptors (Lipinski definition) is 4. The van der Waals surface area contributed by atoms with E-state index in [1.54, 1.807) is 6.07 Å². The number of methoxy groups -OCH3 is 2. The summed E-state index contributed by atoms with van der Waals surface area (Å²) >= 11 is 0. The van der Waals surface area contributed by atoms with Crippen LogP contribution < -0.4 is 9.47 Å². The lowest BCUT2D eigenvalue weighted by Crippen LogP contribution is -2.00. The van der Waals surface area contributed by atoms with Crippen molar-refractivity contribution in [2.75, 3.05) is 20.8 Å². The molecule has 0 saturated heterocycles. The Kier molecular flexibility index (Phi) is 4.79. The zero-order valence-corrected chi connectivity index (χ0v) is 9.53. The molecule has 0 aliphatic rings. The van der Waals surface area contributed by atoms with Gasteiger partial charge in [0, 0.05) is 6.61 Å². The SMILES string of the molecule is COc1c(C=O)ccc(CCCO)c1OC. The van der Waals surface area contributed by atoms with E-state index in [2.05, 4.69) is 0 Å². The molecule has 0 aliphatic carbocycles. The predicted octanol–water partition coefficient (Wildman–Crippen LogP) is 1.44. The second kappa shape index (κ2) is 6.12. The molecule has 0 amide bonds. The summed E-state index contributed by atoms with van der Waals surface area (Å²) in [6, 6.07) is 3.52. The minimum atomic E-state index is 0.126. The van der Waals surface area contributed by atoms with E-state index in [9.17, 15) is 4.79 Å². The van der Waals surface area contributed by atoms with Crippen LogP contribution in [-0.2, 0) is 6.42 Å². The second-order valence-corrected chi connectivity index (χ2v) is 3.33. The second-order valence-electron chi connectivity index (χ2n) is 3.33. The lowest BCUT2D eigenvalue weighted by atomic mass is 10.0. The number of carbonyl (C=O) groups is 1. The average Bonchev–Trinajstić information content (AvgIpc) is 2.34. The van der Waals surface area contributed by atoms with Crippen LogP contribution in [0, 0.1) is 0 Å². The summed E-state index contributed by atoms with van der Waals surface area (Å²) < 4.78 is 10.4. The Morgan fingerprint density at radius 2 is 1.94 bits per heavy atom. The minimum absolute atomic E-state index is 0.126. The van der Waals surface area contributed by atoms with E-state index in [0.29, 0.717) is 29.9 Å². The van der Waals surface area contributed by atoms with Gasteiger partial charge in [0.1, 0.15) is 0 Å². The summed E-state index contributed by atoms with van der Waals surface area (Å²) in [6.07, 6.45) is 2.08. The molecule has 1 rings (SSSR count). The number of aliphatic hydroxyl groups is 1. The van der Waals surface area contributed by atoms with Gasteiger partial charge in [-0.05, 0) is 24.5 Å². The van der Waals surface area contributed by atoms with Crippen molar-refractivity contribution in [1.29, 1.82) is 0 Å². The standard InChI is InChI=1S/C12H16O4/c1-15-11-9(4-3-7-13)5-6-10(8-14)12(11)16-2/h5-6,8,13H,3-4,7H2,1-2H3. The van der Waals surface area contributed by atoms with Crippen molar-refractivity contribution < 1.29 is 19.4 Å². The van der Waals surface area contributed by atoms with Gasteiger partial charge in [-0.1, -0.05) is 6.07 Å². The Balaban J connectivity index is 3.14. The highest BCUT2D eigenvalue weighted by Crippen LogP contribution is 2.34. The van der Waals surface area contributed by atoms with E-state index < -0.39 is 0 Å². The highest BCUT2D eigenvalue weighted by atomic mass is 16.5. The van der Waals surface area contributed by atoms with E-state index in [1.165, 1.54) is 14.2 Å². The summed E-state index contributed by atoms with van der Waals surface area (Å²) in [5, 5.41) is 8.79. The molecule has 1 N–H and O–H groups in total. The summed E-state index contributed by atoms with van der Waals surface area (Å²) in [5.41, 5.74) is 1.39. The number of aliphatic hydroxyl groups excluding tert-OH is 1. The van der Waals surface area contributed by atoms with E-state index in [1.807, 2.05) is 6.07 Å². The molecule has 1 aromatic carbocycles. The van der Waals surface area contributed by atoms with Gasteiger partial charge in [-0.15, -0.1) is 0 Å². The number of hydrogen-bond donors (Lipinski definition) is 1. The largest absolute Gasteiger partial charge is 0.493 e. The van der Waals surface area contributed by atoms with Gasteiger partial charge in [-0.25, -0.2) is 0 Å². The number of ether oxygens (including phenoxy) is 2. The van der Waals surface area contributed by atoms with Gasteiger partial charge in [-0.3, -0.25) is 4.79 Å². The third-order valence-electron chi connectivity index (χ3n) is 2.36. The minimum Gasteiger partial charge on any atom is -0.493 e. The molecule has 0 aromatic heterocycles. The number of aldehydes is 1. The van der Waals surface area contributed by atoms with Gasteiger partial charge in [0.05, 0.1) is 19.8 Å². The van der Waals surface area contributed by atoms with Crippen molar-refractivity contribution in [2.45, 2.75) is 12.8 Å². The first-order valence-electron chi connectivity index (χ1n) is 5.08. The molecule has 4 heteroatoms. The van der Waals surface area contributed by atoms with Crippen LogP contribution in [-0.4, -0.2) is 32.2 Å². The molecule has 0 heterocycles. The summed E-state index contributed by atoms with van der Waals surface area (Å²) in [6.45, 7) is 0.126. The van der Waals surface area contributed by atoms with Gasteiger partial charge in [0.25, 0.3) is 0 Å². The smallest absolute Gasteiger partial charge is 0.171 e. The van der Waals surface area contributed by atoms with Gasteiger partial charge in [0.15, 0.2) is 17.8 Å². The number of aryl methyl sites for hydroxylation is 1. The number of rotatable bonds is 6. The van der Waals surface area contributed by atoms with Gasteiger partial charge in [-0.2, -0.15) is 0 Å². The molecular weight excluding hydrogens is 208 g/mol. The van der Waals surface area contributed by atoms with Crippen LogP contribution in [0.3, 0.4) is 0 Å². The number of carbonyl (C=O) groups excluding carboxylic acids is 1. The van der Waals surface area contributed by atoms with Crippen LogP contribution >= 0.6 is 0 Å². The number of benzene rings is 1. The lowest BCUT2D eigenvalue weighted by Gasteiger charge is -2.13. The first kappa shape index (κ1) is 12.5. The van der Waals surface area contributed by atoms with Crippen LogP contribution in [0.25, 0.3) is 0 Å². The molecule has 0 bridgehead atoms. The normalized spacial score (nSPS) is 9.94. The molecule has 0 fully saturated rings. The fourth-order valence-electron chi connectivity index (χ4n) is 1.61. The third-order valence-corrected chi connectivity index (χ3v) is 2.36. The van der Waals surface area contributed by atoms with Gasteiger partial charge < -0.3 is 14.6 Å². The fraction of sp³-hybridized carbons (Fsp3) is 0.417. The van der Waals surface area contributed by atoms with Crippen molar-refractivity contribution in [1.82, 2.24) is 0 Å². The highest BCUT2D eigenvalue weighted by Gasteiger charge is 2.13. The van der Waals surface area contributed by atoms with Crippen molar-refractivity contribution in [3.8, 4) is 11.5 Å². The van der Waals surface area contributed by atoms with Crippen molar-refractivity contribution in [2.24, 2.45) is 0 Å². The molecule has 88 valence electrons. The molecule has 0 spiro atoms. The molecule has 0 saturated carbocycles. The van der Waals surface area contributed by atoms with E-state index in [0.717, 1.165) is 11.8 Å². The predicted molar refractivity (Wildman–Crippen MR) is 60.3 cm³/mol. The van der Waals surface area contributed by atoms with Crippen LogP contribution in [0.2, 0.25) is 0 Å². The van der Waals surface area contributed by atoms with Crippen molar-refractivity contribution >= 4 is 6.29 Å². The Labute approximate surface area is 94.8 Å². The third kappa shape index (κ3) is 2.52. The van der Waals surface area contributed by atoms with E-state index in [4.69, 9.17) is 14.6 Å². The van der Waals surface area contributed by atoms with Crippen LogP contribution in [0.1, 0.15) is 22.3 Å². The monoisotopic (exact) mass is 224 g/mol. The maximum absolute atomic E-state index is 10.8.